The predicted octanol–water partition coefficient (Wildman–Crippen LogP) is 2.15. The minimum atomic E-state index is -3.59. The second-order valence-electron chi connectivity index (χ2n) is 5.09. The van der Waals surface area contributed by atoms with E-state index < -0.39 is 10.0 Å². The second kappa shape index (κ2) is 7.28. The quantitative estimate of drug-likeness (QED) is 0.814. The van der Waals surface area contributed by atoms with E-state index in [9.17, 15) is 8.42 Å². The van der Waals surface area contributed by atoms with Crippen LogP contribution in [0.15, 0.2) is 23.1 Å². The predicted molar refractivity (Wildman–Crippen MR) is 82.6 cm³/mol. The fourth-order valence-corrected chi connectivity index (χ4v) is 3.78. The summed E-state index contributed by atoms with van der Waals surface area (Å²) in [5, 5.41) is 8.77. The van der Waals surface area contributed by atoms with E-state index in [1.165, 1.54) is 31.4 Å². The van der Waals surface area contributed by atoms with Crippen LogP contribution in [0.2, 0.25) is 5.02 Å². The van der Waals surface area contributed by atoms with E-state index >= 15 is 0 Å². The first-order valence-electron chi connectivity index (χ1n) is 6.92. The highest BCUT2D eigenvalue weighted by Crippen LogP contribution is 2.29. The number of aliphatic hydroxyl groups excluding tert-OH is 1. The Morgan fingerprint density at radius 1 is 1.38 bits per heavy atom. The number of sulfonamides is 1. The van der Waals surface area contributed by atoms with E-state index in [0.29, 0.717) is 18.0 Å². The summed E-state index contributed by atoms with van der Waals surface area (Å²) in [5.74, 6) is 5.83. The molecule has 2 N–H and O–H groups in total. The minimum Gasteiger partial charge on any atom is -0.384 e. The van der Waals surface area contributed by atoms with Crippen LogP contribution in [-0.4, -0.2) is 26.7 Å². The van der Waals surface area contributed by atoms with Crippen LogP contribution in [0, 0.1) is 17.8 Å². The molecule has 0 saturated heterocycles. The highest BCUT2D eigenvalue weighted by molar-refractivity contribution is 7.89. The van der Waals surface area contributed by atoms with Crippen LogP contribution in [0.1, 0.15) is 31.2 Å². The van der Waals surface area contributed by atoms with Crippen LogP contribution in [-0.2, 0) is 10.0 Å². The largest absolute Gasteiger partial charge is 0.384 e. The lowest BCUT2D eigenvalue weighted by atomic mass is 9.83. The maximum absolute atomic E-state index is 12.2. The molecule has 1 fully saturated rings. The van der Waals surface area contributed by atoms with Crippen molar-refractivity contribution in [1.29, 1.82) is 0 Å². The molecule has 4 nitrogen and oxygen atoms in total. The Bertz CT molecular complexity index is 657. The van der Waals surface area contributed by atoms with Crippen molar-refractivity contribution in [3.63, 3.8) is 0 Å². The molecular formula is C15H18ClNO3S. The average Bonchev–Trinajstić information content (AvgIpc) is 2.39. The van der Waals surface area contributed by atoms with Gasteiger partial charge in [-0.15, -0.1) is 0 Å². The van der Waals surface area contributed by atoms with Gasteiger partial charge in [-0.05, 0) is 30.5 Å². The van der Waals surface area contributed by atoms with Crippen molar-refractivity contribution in [1.82, 2.24) is 4.72 Å². The second-order valence-corrected chi connectivity index (χ2v) is 7.23. The van der Waals surface area contributed by atoms with E-state index in [1.54, 1.807) is 6.07 Å². The van der Waals surface area contributed by atoms with E-state index in [1.807, 2.05) is 0 Å². The number of hydrogen-bond acceptors (Lipinski definition) is 3. The van der Waals surface area contributed by atoms with Gasteiger partial charge in [0.1, 0.15) is 11.5 Å². The van der Waals surface area contributed by atoms with Gasteiger partial charge >= 0.3 is 0 Å². The fraction of sp³-hybridized carbons (Fsp3) is 0.467. The maximum atomic E-state index is 12.2. The zero-order valence-corrected chi connectivity index (χ0v) is 13.2. The van der Waals surface area contributed by atoms with E-state index in [4.69, 9.17) is 16.7 Å². The van der Waals surface area contributed by atoms with Gasteiger partial charge in [0.05, 0.1) is 5.02 Å². The van der Waals surface area contributed by atoms with Gasteiger partial charge in [0, 0.05) is 12.1 Å². The maximum Gasteiger partial charge on any atom is 0.242 e. The van der Waals surface area contributed by atoms with Gasteiger partial charge in [0.15, 0.2) is 0 Å². The molecular weight excluding hydrogens is 310 g/mol. The lowest BCUT2D eigenvalue weighted by Gasteiger charge is -2.25. The van der Waals surface area contributed by atoms with E-state index in [-0.39, 0.29) is 16.5 Å². The van der Waals surface area contributed by atoms with Gasteiger partial charge in [0.2, 0.25) is 10.0 Å². The Balaban J connectivity index is 2.04. The van der Waals surface area contributed by atoms with Crippen molar-refractivity contribution in [2.75, 3.05) is 13.2 Å². The summed E-state index contributed by atoms with van der Waals surface area (Å²) in [7, 11) is -3.59. The molecule has 0 atom stereocenters. The summed E-state index contributed by atoms with van der Waals surface area (Å²) < 4.78 is 27.0. The third-order valence-corrected chi connectivity index (χ3v) is 5.55. The SMILES string of the molecule is O=S(=O)(NCCC1CCC1)c1ccc(C#CCO)cc1Cl. The third-order valence-electron chi connectivity index (χ3n) is 3.60. The first-order chi connectivity index (χ1) is 10.0. The highest BCUT2D eigenvalue weighted by Gasteiger charge is 2.20. The molecule has 0 heterocycles. The normalized spacial score (nSPS) is 15.1. The summed E-state index contributed by atoms with van der Waals surface area (Å²) in [6.45, 7) is 0.190. The number of nitrogens with one attached hydrogen (secondary N) is 1. The van der Waals surface area contributed by atoms with Crippen molar-refractivity contribution < 1.29 is 13.5 Å². The molecule has 0 radical (unpaired) electrons. The van der Waals surface area contributed by atoms with Gasteiger partial charge in [0.25, 0.3) is 0 Å². The van der Waals surface area contributed by atoms with Crippen LogP contribution in [0.3, 0.4) is 0 Å². The Hall–Kier alpha value is -1.06. The standard InChI is InChI=1S/C15H18ClNO3S/c16-14-11-13(5-2-10-18)6-7-15(14)21(19,20)17-9-8-12-3-1-4-12/h6-7,11-12,17-18H,1,3-4,8-10H2. The molecule has 114 valence electrons. The third kappa shape index (κ3) is 4.45. The molecule has 1 aliphatic carbocycles. The highest BCUT2D eigenvalue weighted by atomic mass is 35.5. The van der Waals surface area contributed by atoms with Crippen LogP contribution >= 0.6 is 11.6 Å². The first kappa shape index (κ1) is 16.3. The molecule has 0 aromatic heterocycles. The van der Waals surface area contributed by atoms with Gasteiger partial charge in [-0.1, -0.05) is 42.7 Å². The zero-order chi connectivity index (χ0) is 15.3. The Kier molecular flexibility index (Phi) is 5.65. The molecule has 21 heavy (non-hydrogen) atoms. The average molecular weight is 328 g/mol. The molecule has 0 amide bonds. The smallest absolute Gasteiger partial charge is 0.242 e. The molecule has 0 aliphatic heterocycles. The van der Waals surface area contributed by atoms with Crippen LogP contribution in [0.4, 0.5) is 0 Å². The molecule has 0 spiro atoms. The molecule has 2 rings (SSSR count). The Morgan fingerprint density at radius 3 is 2.71 bits per heavy atom. The Labute approximate surface area is 130 Å². The van der Waals surface area contributed by atoms with Crippen molar-refractivity contribution in [2.45, 2.75) is 30.6 Å². The number of rotatable bonds is 5. The number of halogens is 1. The van der Waals surface area contributed by atoms with E-state index in [2.05, 4.69) is 16.6 Å². The summed E-state index contributed by atoms with van der Waals surface area (Å²) >= 11 is 6.02. The van der Waals surface area contributed by atoms with Gasteiger partial charge in [-0.2, -0.15) is 0 Å². The minimum absolute atomic E-state index is 0.0623. The van der Waals surface area contributed by atoms with Crippen LogP contribution in [0.5, 0.6) is 0 Å². The topological polar surface area (TPSA) is 66.4 Å². The summed E-state index contributed by atoms with van der Waals surface area (Å²) in [6, 6.07) is 4.51. The van der Waals surface area contributed by atoms with Crippen molar-refractivity contribution >= 4 is 21.6 Å². The van der Waals surface area contributed by atoms with Crippen molar-refractivity contribution in [2.24, 2.45) is 5.92 Å². The van der Waals surface area contributed by atoms with Gasteiger partial charge in [-0.25, -0.2) is 13.1 Å². The molecule has 1 aliphatic rings. The molecule has 1 saturated carbocycles. The molecule has 6 heteroatoms. The Morgan fingerprint density at radius 2 is 2.14 bits per heavy atom. The van der Waals surface area contributed by atoms with Crippen molar-refractivity contribution in [3.8, 4) is 11.8 Å². The number of benzene rings is 1. The van der Waals surface area contributed by atoms with Gasteiger partial charge < -0.3 is 5.11 Å². The molecule has 1 aromatic carbocycles. The number of hydrogen-bond donors (Lipinski definition) is 2. The molecule has 0 unspecified atom stereocenters. The van der Waals surface area contributed by atoms with Crippen molar-refractivity contribution in [3.05, 3.63) is 28.8 Å². The lowest BCUT2D eigenvalue weighted by molar-refractivity contribution is 0.297. The summed E-state index contributed by atoms with van der Waals surface area (Å²) in [6.07, 6.45) is 4.51. The summed E-state index contributed by atoms with van der Waals surface area (Å²) in [4.78, 5) is 0.0623. The summed E-state index contributed by atoms with van der Waals surface area (Å²) in [5.41, 5.74) is 0.572. The van der Waals surface area contributed by atoms with Crippen LogP contribution in [0.25, 0.3) is 0 Å². The van der Waals surface area contributed by atoms with Crippen LogP contribution < -0.4 is 4.72 Å². The van der Waals surface area contributed by atoms with Gasteiger partial charge in [-0.3, -0.25) is 0 Å². The fourth-order valence-electron chi connectivity index (χ4n) is 2.19. The number of aliphatic hydroxyl groups is 1. The molecule has 1 aromatic rings. The zero-order valence-electron chi connectivity index (χ0n) is 11.6. The lowest BCUT2D eigenvalue weighted by Crippen LogP contribution is -2.27. The van der Waals surface area contributed by atoms with E-state index in [0.717, 1.165) is 6.42 Å². The monoisotopic (exact) mass is 327 g/mol. The first-order valence-corrected chi connectivity index (χ1v) is 8.78. The molecule has 0 bridgehead atoms.